The van der Waals surface area contributed by atoms with Crippen molar-refractivity contribution in [2.45, 2.75) is 44.1 Å². The Morgan fingerprint density at radius 1 is 0.946 bits per heavy atom. The third-order valence-corrected chi connectivity index (χ3v) is 7.42. The van der Waals surface area contributed by atoms with Crippen molar-refractivity contribution in [3.05, 3.63) is 102 Å². The van der Waals surface area contributed by atoms with Gasteiger partial charge in [0.1, 0.15) is 11.5 Å². The summed E-state index contributed by atoms with van der Waals surface area (Å²) in [6, 6.07) is 25.2. The summed E-state index contributed by atoms with van der Waals surface area (Å²) in [5.74, 6) is 0.794. The van der Waals surface area contributed by atoms with Crippen molar-refractivity contribution in [1.29, 1.82) is 0 Å². The summed E-state index contributed by atoms with van der Waals surface area (Å²) in [4.78, 5) is 12.7. The van der Waals surface area contributed by atoms with E-state index in [1.165, 1.54) is 35.9 Å². The first kappa shape index (κ1) is 26.0. The maximum Gasteiger partial charge on any atom is 0.265 e. The maximum atomic E-state index is 12.7. The average Bonchev–Trinajstić information content (AvgIpc) is 3.28. The Hall–Kier alpha value is -4.11. The molecule has 1 unspecified atom stereocenters. The molecule has 1 heterocycles. The Kier molecular flexibility index (Phi) is 7.35. The van der Waals surface area contributed by atoms with Crippen LogP contribution in [0.1, 0.15) is 37.7 Å². The van der Waals surface area contributed by atoms with Crippen molar-refractivity contribution in [2.24, 2.45) is 0 Å². The molecule has 0 saturated carbocycles. The summed E-state index contributed by atoms with van der Waals surface area (Å²) in [6.45, 7) is 7.64. The lowest BCUT2D eigenvalue weighted by Crippen LogP contribution is -2.30. The summed E-state index contributed by atoms with van der Waals surface area (Å²) >= 11 is 0. The molecule has 1 amide bonds. The number of anilines is 2. The molecule has 1 atom stereocenters. The maximum absolute atomic E-state index is 12.7. The van der Waals surface area contributed by atoms with Crippen LogP contribution in [0.15, 0.2) is 94.3 Å². The second-order valence-electron chi connectivity index (χ2n) is 9.22. The van der Waals surface area contributed by atoms with E-state index in [-0.39, 0.29) is 22.0 Å². The molecule has 0 fully saturated rings. The van der Waals surface area contributed by atoms with E-state index < -0.39 is 16.1 Å². The van der Waals surface area contributed by atoms with Gasteiger partial charge in [-0.05, 0) is 61.4 Å². The van der Waals surface area contributed by atoms with Gasteiger partial charge in [-0.1, -0.05) is 61.5 Å². The number of aromatic nitrogens is 1. The minimum atomic E-state index is -3.84. The van der Waals surface area contributed by atoms with Crippen LogP contribution in [0.2, 0.25) is 0 Å². The molecule has 4 rings (SSSR count). The molecule has 0 aliphatic rings. The molecule has 192 valence electrons. The first-order valence-corrected chi connectivity index (χ1v) is 13.2. The number of rotatable bonds is 9. The lowest BCUT2D eigenvalue weighted by molar-refractivity contribution is -0.122. The molecule has 0 radical (unpaired) electrons. The van der Waals surface area contributed by atoms with Crippen LogP contribution >= 0.6 is 0 Å². The van der Waals surface area contributed by atoms with Crippen molar-refractivity contribution in [3.63, 3.8) is 0 Å². The highest BCUT2D eigenvalue weighted by Crippen LogP contribution is 2.32. The molecule has 0 spiro atoms. The Labute approximate surface area is 216 Å². The minimum absolute atomic E-state index is 0.0222. The van der Waals surface area contributed by atoms with Gasteiger partial charge in [0.25, 0.3) is 15.9 Å². The van der Waals surface area contributed by atoms with E-state index in [9.17, 15) is 13.2 Å². The van der Waals surface area contributed by atoms with Crippen molar-refractivity contribution in [2.75, 3.05) is 10.0 Å². The molecule has 2 N–H and O–H groups in total. The van der Waals surface area contributed by atoms with Gasteiger partial charge in [-0.3, -0.25) is 9.52 Å². The molecule has 4 aromatic rings. The van der Waals surface area contributed by atoms with Gasteiger partial charge in [-0.25, -0.2) is 8.42 Å². The number of nitrogens with one attached hydrogen (secondary N) is 2. The normalized spacial score (nSPS) is 12.5. The summed E-state index contributed by atoms with van der Waals surface area (Å²) in [6.07, 6.45) is -0.770. The highest BCUT2D eigenvalue weighted by atomic mass is 32.2. The van der Waals surface area contributed by atoms with E-state index in [1.54, 1.807) is 13.8 Å². The first-order valence-electron chi connectivity index (χ1n) is 11.7. The predicted octanol–water partition coefficient (Wildman–Crippen LogP) is 5.52. The van der Waals surface area contributed by atoms with E-state index >= 15 is 0 Å². The fraction of sp³-hybridized carbons (Fsp3) is 0.214. The largest absolute Gasteiger partial charge is 0.481 e. The van der Waals surface area contributed by atoms with E-state index in [0.29, 0.717) is 17.2 Å². The molecule has 3 aromatic carbocycles. The molecule has 0 saturated heterocycles. The number of hydrogen-bond donors (Lipinski definition) is 2. The van der Waals surface area contributed by atoms with Gasteiger partial charge in [0.15, 0.2) is 11.9 Å². The quantitative estimate of drug-likeness (QED) is 0.301. The zero-order chi connectivity index (χ0) is 26.6. The highest BCUT2D eigenvalue weighted by Gasteiger charge is 2.23. The van der Waals surface area contributed by atoms with E-state index in [1.807, 2.05) is 42.5 Å². The number of carbonyl (C=O) groups is 1. The summed E-state index contributed by atoms with van der Waals surface area (Å²) in [5, 5.41) is 6.38. The number of hydrogen-bond acceptors (Lipinski definition) is 6. The molecule has 9 heteroatoms. The van der Waals surface area contributed by atoms with Gasteiger partial charge in [0, 0.05) is 17.2 Å². The number of amides is 1. The Bertz CT molecular complexity index is 1460. The van der Waals surface area contributed by atoms with Crippen LogP contribution in [0.3, 0.4) is 0 Å². The lowest BCUT2D eigenvalue weighted by atomic mass is 9.78. The van der Waals surface area contributed by atoms with Gasteiger partial charge in [0.05, 0.1) is 4.90 Å². The SMILES string of the molecule is Cc1cc(NS(=O)(=O)c2ccc(NC(=O)C(C)Oc3ccc(C(C)(C)c4ccccc4)cc3)cc2)no1. The van der Waals surface area contributed by atoms with Crippen LogP contribution in [0.25, 0.3) is 0 Å². The molecule has 0 aliphatic heterocycles. The van der Waals surface area contributed by atoms with Crippen LogP contribution in [0.5, 0.6) is 5.75 Å². The predicted molar refractivity (Wildman–Crippen MR) is 142 cm³/mol. The summed E-state index contributed by atoms with van der Waals surface area (Å²) in [7, 11) is -3.84. The van der Waals surface area contributed by atoms with E-state index in [4.69, 9.17) is 9.26 Å². The smallest absolute Gasteiger partial charge is 0.265 e. The number of benzene rings is 3. The third-order valence-electron chi connectivity index (χ3n) is 6.05. The van der Waals surface area contributed by atoms with E-state index in [0.717, 1.165) is 5.56 Å². The number of sulfonamides is 1. The molecule has 0 bridgehead atoms. The van der Waals surface area contributed by atoms with Gasteiger partial charge >= 0.3 is 0 Å². The van der Waals surface area contributed by atoms with Gasteiger partial charge in [0.2, 0.25) is 0 Å². The van der Waals surface area contributed by atoms with Crippen LogP contribution in [0, 0.1) is 6.92 Å². The fourth-order valence-corrected chi connectivity index (χ4v) is 4.79. The molecule has 37 heavy (non-hydrogen) atoms. The number of nitrogens with zero attached hydrogens (tertiary/aromatic N) is 1. The Balaban J connectivity index is 1.35. The molecular formula is C28H29N3O5S. The highest BCUT2D eigenvalue weighted by molar-refractivity contribution is 7.92. The van der Waals surface area contributed by atoms with Gasteiger partial charge < -0.3 is 14.6 Å². The van der Waals surface area contributed by atoms with Crippen LogP contribution in [-0.2, 0) is 20.2 Å². The third kappa shape index (κ3) is 6.18. The zero-order valence-electron chi connectivity index (χ0n) is 21.1. The summed E-state index contributed by atoms with van der Waals surface area (Å²) in [5.41, 5.74) is 2.61. The first-order chi connectivity index (χ1) is 17.5. The summed E-state index contributed by atoms with van der Waals surface area (Å²) < 4.78 is 38.1. The molecule has 1 aromatic heterocycles. The zero-order valence-corrected chi connectivity index (χ0v) is 21.9. The number of carbonyl (C=O) groups excluding carboxylic acids is 1. The van der Waals surface area contributed by atoms with Crippen LogP contribution in [0.4, 0.5) is 11.5 Å². The second kappa shape index (κ2) is 10.5. The van der Waals surface area contributed by atoms with Crippen molar-refractivity contribution in [1.82, 2.24) is 5.16 Å². The minimum Gasteiger partial charge on any atom is -0.481 e. The second-order valence-corrected chi connectivity index (χ2v) is 10.9. The lowest BCUT2D eigenvalue weighted by Gasteiger charge is -2.26. The average molecular weight is 520 g/mol. The number of aryl methyl sites for hydroxylation is 1. The van der Waals surface area contributed by atoms with Crippen LogP contribution in [-0.4, -0.2) is 25.6 Å². The monoisotopic (exact) mass is 519 g/mol. The molecule has 8 nitrogen and oxygen atoms in total. The van der Waals surface area contributed by atoms with Gasteiger partial charge in [-0.15, -0.1) is 0 Å². The fourth-order valence-electron chi connectivity index (χ4n) is 3.80. The topological polar surface area (TPSA) is 111 Å². The van der Waals surface area contributed by atoms with Gasteiger partial charge in [-0.2, -0.15) is 0 Å². The molecular weight excluding hydrogens is 490 g/mol. The van der Waals surface area contributed by atoms with Crippen molar-refractivity contribution >= 4 is 27.4 Å². The van der Waals surface area contributed by atoms with E-state index in [2.05, 4.69) is 41.2 Å². The Morgan fingerprint density at radius 3 is 2.16 bits per heavy atom. The Morgan fingerprint density at radius 2 is 1.57 bits per heavy atom. The van der Waals surface area contributed by atoms with Crippen molar-refractivity contribution in [3.8, 4) is 5.75 Å². The van der Waals surface area contributed by atoms with Crippen LogP contribution < -0.4 is 14.8 Å². The number of ether oxygens (including phenoxy) is 1. The molecule has 0 aliphatic carbocycles. The van der Waals surface area contributed by atoms with Crippen molar-refractivity contribution < 1.29 is 22.5 Å². The standard InChI is InChI=1S/C28H29N3O5S/c1-19-18-26(30-36-19)31-37(33,34)25-16-12-23(13-17-25)29-27(32)20(2)35-24-14-10-22(11-15-24)28(3,4)21-8-6-5-7-9-21/h5-18,20H,1-4H3,(H,29,32)(H,30,31).